The van der Waals surface area contributed by atoms with Crippen molar-refractivity contribution >= 4 is 28.3 Å². The molecule has 0 aliphatic rings. The van der Waals surface area contributed by atoms with Crippen LogP contribution in [0.4, 0.5) is 5.69 Å². The molecule has 1 heterocycles. The molecule has 0 amide bonds. The summed E-state index contributed by atoms with van der Waals surface area (Å²) in [6.07, 6.45) is 0. The lowest BCUT2D eigenvalue weighted by Crippen LogP contribution is -1.87. The van der Waals surface area contributed by atoms with Crippen LogP contribution in [0.25, 0.3) is 22.3 Å². The minimum absolute atomic E-state index is 0.631. The Hall–Kier alpha value is -1.93. The standard InChI is InChI=1S/C15H12ClNO/c1-9-7-11(17)5-6-12(9)14-8-10-3-2-4-13(16)15(10)18-14/h2-8H,17H2,1H3. The van der Waals surface area contributed by atoms with Gasteiger partial charge in [0, 0.05) is 16.6 Å². The molecule has 0 radical (unpaired) electrons. The molecule has 0 fully saturated rings. The second-order valence-electron chi connectivity index (χ2n) is 4.34. The summed E-state index contributed by atoms with van der Waals surface area (Å²) in [4.78, 5) is 0. The number of nitrogen functional groups attached to an aromatic ring is 1. The fraction of sp³-hybridized carbons (Fsp3) is 0.0667. The lowest BCUT2D eigenvalue weighted by molar-refractivity contribution is 0.631. The van der Waals surface area contributed by atoms with E-state index < -0.39 is 0 Å². The maximum atomic E-state index is 6.11. The van der Waals surface area contributed by atoms with Crippen molar-refractivity contribution in [2.75, 3.05) is 5.73 Å². The van der Waals surface area contributed by atoms with E-state index in [9.17, 15) is 0 Å². The van der Waals surface area contributed by atoms with Crippen LogP contribution in [0.5, 0.6) is 0 Å². The minimum atomic E-state index is 0.631. The van der Waals surface area contributed by atoms with Crippen molar-refractivity contribution < 1.29 is 4.42 Å². The summed E-state index contributed by atoms with van der Waals surface area (Å²) < 4.78 is 5.83. The predicted octanol–water partition coefficient (Wildman–Crippen LogP) is 4.64. The second kappa shape index (κ2) is 4.07. The van der Waals surface area contributed by atoms with Crippen LogP contribution in [0.3, 0.4) is 0 Å². The number of benzene rings is 2. The van der Waals surface area contributed by atoms with E-state index in [2.05, 4.69) is 0 Å². The minimum Gasteiger partial charge on any atom is -0.455 e. The van der Waals surface area contributed by atoms with Gasteiger partial charge in [0.05, 0.1) is 5.02 Å². The fourth-order valence-corrected chi connectivity index (χ4v) is 2.34. The van der Waals surface area contributed by atoms with Crippen LogP contribution in [0.2, 0.25) is 5.02 Å². The number of hydrogen-bond acceptors (Lipinski definition) is 2. The molecule has 2 aromatic carbocycles. The van der Waals surface area contributed by atoms with E-state index in [0.717, 1.165) is 33.5 Å². The molecule has 0 atom stereocenters. The van der Waals surface area contributed by atoms with Gasteiger partial charge >= 0.3 is 0 Å². The van der Waals surface area contributed by atoms with Crippen LogP contribution >= 0.6 is 11.6 Å². The molecule has 3 heteroatoms. The quantitative estimate of drug-likeness (QED) is 0.645. The van der Waals surface area contributed by atoms with E-state index in [-0.39, 0.29) is 0 Å². The second-order valence-corrected chi connectivity index (χ2v) is 4.75. The maximum absolute atomic E-state index is 6.11. The third-order valence-electron chi connectivity index (χ3n) is 3.01. The third-order valence-corrected chi connectivity index (χ3v) is 3.31. The zero-order valence-corrected chi connectivity index (χ0v) is 10.7. The van der Waals surface area contributed by atoms with Crippen LogP contribution in [0.15, 0.2) is 46.9 Å². The van der Waals surface area contributed by atoms with E-state index in [1.165, 1.54) is 0 Å². The molecular weight excluding hydrogens is 246 g/mol. The van der Waals surface area contributed by atoms with Gasteiger partial charge in [-0.1, -0.05) is 23.7 Å². The summed E-state index contributed by atoms with van der Waals surface area (Å²) in [6.45, 7) is 2.01. The Morgan fingerprint density at radius 2 is 1.94 bits per heavy atom. The number of rotatable bonds is 1. The molecule has 0 aliphatic carbocycles. The number of fused-ring (bicyclic) bond motifs is 1. The summed E-state index contributed by atoms with van der Waals surface area (Å²) in [5, 5.41) is 1.64. The average molecular weight is 258 g/mol. The molecule has 3 rings (SSSR count). The Bertz CT molecular complexity index is 730. The highest BCUT2D eigenvalue weighted by atomic mass is 35.5. The van der Waals surface area contributed by atoms with E-state index in [0.29, 0.717) is 5.02 Å². The first-order chi connectivity index (χ1) is 8.65. The van der Waals surface area contributed by atoms with Gasteiger partial charge in [-0.25, -0.2) is 0 Å². The number of aryl methyl sites for hydroxylation is 1. The predicted molar refractivity (Wildman–Crippen MR) is 75.8 cm³/mol. The topological polar surface area (TPSA) is 39.2 Å². The lowest BCUT2D eigenvalue weighted by atomic mass is 10.1. The highest BCUT2D eigenvalue weighted by Gasteiger charge is 2.10. The Kier molecular flexibility index (Phi) is 2.53. The van der Waals surface area contributed by atoms with E-state index >= 15 is 0 Å². The Balaban J connectivity index is 2.23. The number of nitrogens with two attached hydrogens (primary N) is 1. The molecule has 2 nitrogen and oxygen atoms in total. The molecule has 2 N–H and O–H groups in total. The molecular formula is C15H12ClNO. The van der Waals surface area contributed by atoms with E-state index in [1.807, 2.05) is 49.4 Å². The first-order valence-electron chi connectivity index (χ1n) is 5.70. The van der Waals surface area contributed by atoms with Gasteiger partial charge in [-0.2, -0.15) is 0 Å². The number of anilines is 1. The molecule has 0 spiro atoms. The third kappa shape index (κ3) is 1.75. The van der Waals surface area contributed by atoms with Crippen LogP contribution in [-0.4, -0.2) is 0 Å². The first-order valence-corrected chi connectivity index (χ1v) is 6.07. The SMILES string of the molecule is Cc1cc(N)ccc1-c1cc2cccc(Cl)c2o1. The average Bonchev–Trinajstić information content (AvgIpc) is 2.74. The van der Waals surface area contributed by atoms with Gasteiger partial charge in [0.1, 0.15) is 5.76 Å². The summed E-state index contributed by atoms with van der Waals surface area (Å²) in [5.41, 5.74) is 9.36. The van der Waals surface area contributed by atoms with Gasteiger partial charge < -0.3 is 10.2 Å². The van der Waals surface area contributed by atoms with Gasteiger partial charge in [0.25, 0.3) is 0 Å². The van der Waals surface area contributed by atoms with Crippen molar-refractivity contribution in [3.8, 4) is 11.3 Å². The first kappa shape index (κ1) is 11.2. The molecule has 90 valence electrons. The molecule has 3 aromatic rings. The monoisotopic (exact) mass is 257 g/mol. The van der Waals surface area contributed by atoms with Crippen LogP contribution in [0.1, 0.15) is 5.56 Å². The highest BCUT2D eigenvalue weighted by molar-refractivity contribution is 6.34. The Morgan fingerprint density at radius 1 is 1.11 bits per heavy atom. The fourth-order valence-electron chi connectivity index (χ4n) is 2.12. The van der Waals surface area contributed by atoms with Gasteiger partial charge in [-0.05, 0) is 42.8 Å². The number of hydrogen-bond donors (Lipinski definition) is 1. The summed E-state index contributed by atoms with van der Waals surface area (Å²) >= 11 is 6.11. The Morgan fingerprint density at radius 3 is 2.67 bits per heavy atom. The smallest absolute Gasteiger partial charge is 0.153 e. The van der Waals surface area contributed by atoms with Crippen molar-refractivity contribution in [3.63, 3.8) is 0 Å². The molecule has 0 saturated heterocycles. The van der Waals surface area contributed by atoms with Crippen molar-refractivity contribution in [3.05, 3.63) is 53.1 Å². The summed E-state index contributed by atoms with van der Waals surface area (Å²) in [6, 6.07) is 13.5. The van der Waals surface area contributed by atoms with Crippen LogP contribution < -0.4 is 5.73 Å². The number of para-hydroxylation sites is 1. The molecule has 0 aliphatic heterocycles. The molecule has 1 aromatic heterocycles. The number of furan rings is 1. The van der Waals surface area contributed by atoms with Crippen molar-refractivity contribution in [1.29, 1.82) is 0 Å². The normalized spacial score (nSPS) is 11.0. The molecule has 0 saturated carbocycles. The van der Waals surface area contributed by atoms with Crippen molar-refractivity contribution in [2.24, 2.45) is 0 Å². The van der Waals surface area contributed by atoms with Gasteiger partial charge in [-0.15, -0.1) is 0 Å². The summed E-state index contributed by atoms with van der Waals surface area (Å²) in [7, 11) is 0. The molecule has 0 unspecified atom stereocenters. The lowest BCUT2D eigenvalue weighted by Gasteiger charge is -2.03. The highest BCUT2D eigenvalue weighted by Crippen LogP contribution is 2.33. The van der Waals surface area contributed by atoms with Gasteiger partial charge in [0.15, 0.2) is 5.58 Å². The van der Waals surface area contributed by atoms with Crippen molar-refractivity contribution in [2.45, 2.75) is 6.92 Å². The number of halogens is 1. The van der Waals surface area contributed by atoms with Gasteiger partial charge in [0.2, 0.25) is 0 Å². The van der Waals surface area contributed by atoms with Crippen LogP contribution in [0, 0.1) is 6.92 Å². The zero-order valence-electron chi connectivity index (χ0n) is 9.91. The summed E-state index contributed by atoms with van der Waals surface area (Å²) in [5.74, 6) is 0.815. The maximum Gasteiger partial charge on any atom is 0.153 e. The molecule has 0 bridgehead atoms. The Labute approximate surface area is 110 Å². The zero-order chi connectivity index (χ0) is 12.7. The van der Waals surface area contributed by atoms with Gasteiger partial charge in [-0.3, -0.25) is 0 Å². The van der Waals surface area contributed by atoms with E-state index in [1.54, 1.807) is 0 Å². The van der Waals surface area contributed by atoms with Crippen molar-refractivity contribution in [1.82, 2.24) is 0 Å². The van der Waals surface area contributed by atoms with Crippen LogP contribution in [-0.2, 0) is 0 Å². The van der Waals surface area contributed by atoms with E-state index in [4.69, 9.17) is 21.8 Å². The molecule has 18 heavy (non-hydrogen) atoms. The largest absolute Gasteiger partial charge is 0.455 e.